The molecule has 0 unspecified atom stereocenters. The number of hydrogen-bond donors (Lipinski definition) is 1. The predicted molar refractivity (Wildman–Crippen MR) is 114 cm³/mol. The standard InChI is InChI=1S/C24H21NO6/c1-29-20-13-7-8-14-21(20)30-16-23(27)31-15-22(26)25-19-12-6-5-11-18(19)24(28)17-9-3-2-4-10-17/h2-14H,15-16H2,1H3,(H,25,26). The van der Waals surface area contributed by atoms with Crippen LogP contribution in [0.5, 0.6) is 11.5 Å². The molecule has 0 spiro atoms. The summed E-state index contributed by atoms with van der Waals surface area (Å²) in [6, 6.07) is 22.2. The molecule has 3 rings (SSSR count). The highest BCUT2D eigenvalue weighted by atomic mass is 16.6. The molecule has 0 fully saturated rings. The molecule has 0 radical (unpaired) electrons. The molecule has 0 bridgehead atoms. The second-order valence-corrected chi connectivity index (χ2v) is 6.39. The first-order valence-corrected chi connectivity index (χ1v) is 9.48. The van der Waals surface area contributed by atoms with Crippen LogP contribution in [0.25, 0.3) is 0 Å². The normalized spacial score (nSPS) is 10.1. The number of nitrogens with one attached hydrogen (secondary N) is 1. The zero-order valence-electron chi connectivity index (χ0n) is 16.9. The fourth-order valence-corrected chi connectivity index (χ4v) is 2.78. The van der Waals surface area contributed by atoms with Gasteiger partial charge in [-0.1, -0.05) is 54.6 Å². The van der Waals surface area contributed by atoms with Gasteiger partial charge in [0.1, 0.15) is 0 Å². The van der Waals surface area contributed by atoms with Crippen molar-refractivity contribution in [3.8, 4) is 11.5 Å². The van der Waals surface area contributed by atoms with Crippen molar-refractivity contribution in [2.75, 3.05) is 25.6 Å². The van der Waals surface area contributed by atoms with Crippen LogP contribution in [0.1, 0.15) is 15.9 Å². The van der Waals surface area contributed by atoms with Gasteiger partial charge in [-0.25, -0.2) is 4.79 Å². The lowest BCUT2D eigenvalue weighted by atomic mass is 10.0. The van der Waals surface area contributed by atoms with Gasteiger partial charge in [0.15, 0.2) is 30.5 Å². The van der Waals surface area contributed by atoms with Crippen molar-refractivity contribution in [1.29, 1.82) is 0 Å². The molecule has 7 heteroatoms. The number of para-hydroxylation sites is 3. The lowest BCUT2D eigenvalue weighted by Crippen LogP contribution is -2.24. The largest absolute Gasteiger partial charge is 0.493 e. The SMILES string of the molecule is COc1ccccc1OCC(=O)OCC(=O)Nc1ccccc1C(=O)c1ccccc1. The van der Waals surface area contributed by atoms with Gasteiger partial charge in [-0.2, -0.15) is 0 Å². The highest BCUT2D eigenvalue weighted by Gasteiger charge is 2.16. The van der Waals surface area contributed by atoms with Gasteiger partial charge in [-0.15, -0.1) is 0 Å². The summed E-state index contributed by atoms with van der Waals surface area (Å²) >= 11 is 0. The fourth-order valence-electron chi connectivity index (χ4n) is 2.78. The molecule has 3 aromatic carbocycles. The highest BCUT2D eigenvalue weighted by Crippen LogP contribution is 2.25. The van der Waals surface area contributed by atoms with Crippen molar-refractivity contribution in [1.82, 2.24) is 0 Å². The van der Waals surface area contributed by atoms with E-state index >= 15 is 0 Å². The monoisotopic (exact) mass is 419 g/mol. The number of methoxy groups -OCH3 is 1. The maximum absolute atomic E-state index is 12.7. The van der Waals surface area contributed by atoms with Crippen LogP contribution in [-0.2, 0) is 14.3 Å². The number of carbonyl (C=O) groups is 3. The molecule has 158 valence electrons. The quantitative estimate of drug-likeness (QED) is 0.422. The molecule has 3 aromatic rings. The van der Waals surface area contributed by atoms with E-state index in [0.717, 1.165) is 0 Å². The Kier molecular flexibility index (Phi) is 7.37. The number of carbonyl (C=O) groups excluding carboxylic acids is 3. The van der Waals surface area contributed by atoms with Crippen molar-refractivity contribution in [2.45, 2.75) is 0 Å². The van der Waals surface area contributed by atoms with E-state index in [0.29, 0.717) is 28.3 Å². The molecule has 0 aliphatic rings. The average molecular weight is 419 g/mol. The number of amides is 1. The Balaban J connectivity index is 1.54. The van der Waals surface area contributed by atoms with Crippen molar-refractivity contribution < 1.29 is 28.6 Å². The minimum absolute atomic E-state index is 0.223. The second-order valence-electron chi connectivity index (χ2n) is 6.39. The van der Waals surface area contributed by atoms with Gasteiger partial charge in [0.25, 0.3) is 5.91 Å². The van der Waals surface area contributed by atoms with E-state index in [-0.39, 0.29) is 12.4 Å². The number of rotatable bonds is 9. The van der Waals surface area contributed by atoms with Gasteiger partial charge >= 0.3 is 5.97 Å². The molecule has 1 N–H and O–H groups in total. The van der Waals surface area contributed by atoms with Crippen LogP contribution in [0, 0.1) is 0 Å². The third-order valence-corrected chi connectivity index (χ3v) is 4.26. The summed E-state index contributed by atoms with van der Waals surface area (Å²) in [5.41, 5.74) is 1.18. The number of anilines is 1. The Bertz CT molecular complexity index is 1060. The average Bonchev–Trinajstić information content (AvgIpc) is 2.82. The Morgan fingerprint density at radius 1 is 0.774 bits per heavy atom. The summed E-state index contributed by atoms with van der Waals surface area (Å²) in [5.74, 6) is -0.639. The summed E-state index contributed by atoms with van der Waals surface area (Å²) in [6.07, 6.45) is 0. The molecular formula is C24H21NO6. The van der Waals surface area contributed by atoms with E-state index in [9.17, 15) is 14.4 Å². The minimum atomic E-state index is -0.713. The van der Waals surface area contributed by atoms with E-state index in [1.54, 1.807) is 72.8 Å². The number of benzene rings is 3. The van der Waals surface area contributed by atoms with E-state index in [1.807, 2.05) is 6.07 Å². The predicted octanol–water partition coefficient (Wildman–Crippen LogP) is 3.49. The summed E-state index contributed by atoms with van der Waals surface area (Å²) in [7, 11) is 1.49. The molecule has 31 heavy (non-hydrogen) atoms. The molecule has 0 atom stereocenters. The molecule has 1 amide bonds. The minimum Gasteiger partial charge on any atom is -0.493 e. The fraction of sp³-hybridized carbons (Fsp3) is 0.125. The Labute approximate surface area is 179 Å². The van der Waals surface area contributed by atoms with Gasteiger partial charge < -0.3 is 19.5 Å². The first kappa shape index (κ1) is 21.6. The number of ketones is 1. The third kappa shape index (κ3) is 5.93. The summed E-state index contributed by atoms with van der Waals surface area (Å²) in [4.78, 5) is 36.9. The van der Waals surface area contributed by atoms with Crippen LogP contribution < -0.4 is 14.8 Å². The van der Waals surface area contributed by atoms with Crippen molar-refractivity contribution >= 4 is 23.3 Å². The smallest absolute Gasteiger partial charge is 0.344 e. The van der Waals surface area contributed by atoms with Gasteiger partial charge in [0.05, 0.1) is 12.8 Å². The number of esters is 1. The molecule has 0 aliphatic heterocycles. The van der Waals surface area contributed by atoms with E-state index in [1.165, 1.54) is 7.11 Å². The second kappa shape index (κ2) is 10.6. The Morgan fingerprint density at radius 3 is 2.16 bits per heavy atom. The van der Waals surface area contributed by atoms with Crippen LogP contribution in [0.2, 0.25) is 0 Å². The first-order valence-electron chi connectivity index (χ1n) is 9.48. The van der Waals surface area contributed by atoms with E-state index in [2.05, 4.69) is 5.32 Å². The molecule has 0 heterocycles. The number of ether oxygens (including phenoxy) is 3. The number of hydrogen-bond acceptors (Lipinski definition) is 6. The van der Waals surface area contributed by atoms with Gasteiger partial charge in [-0.3, -0.25) is 9.59 Å². The van der Waals surface area contributed by atoms with Crippen LogP contribution in [0.4, 0.5) is 5.69 Å². The van der Waals surface area contributed by atoms with Crippen LogP contribution in [0.3, 0.4) is 0 Å². The molecule has 0 aromatic heterocycles. The van der Waals surface area contributed by atoms with Crippen LogP contribution in [-0.4, -0.2) is 38.0 Å². The van der Waals surface area contributed by atoms with E-state index < -0.39 is 18.5 Å². The van der Waals surface area contributed by atoms with Crippen LogP contribution in [0.15, 0.2) is 78.9 Å². The molecule has 0 saturated heterocycles. The summed E-state index contributed by atoms with van der Waals surface area (Å²) in [5, 5.41) is 2.61. The van der Waals surface area contributed by atoms with Gasteiger partial charge in [0, 0.05) is 11.1 Å². The van der Waals surface area contributed by atoms with Crippen LogP contribution >= 0.6 is 0 Å². The summed E-state index contributed by atoms with van der Waals surface area (Å²) < 4.78 is 15.5. The maximum atomic E-state index is 12.7. The zero-order chi connectivity index (χ0) is 22.1. The maximum Gasteiger partial charge on any atom is 0.344 e. The zero-order valence-corrected chi connectivity index (χ0v) is 16.9. The lowest BCUT2D eigenvalue weighted by Gasteiger charge is -2.12. The highest BCUT2D eigenvalue weighted by molar-refractivity contribution is 6.13. The van der Waals surface area contributed by atoms with Gasteiger partial charge in [-0.05, 0) is 24.3 Å². The van der Waals surface area contributed by atoms with E-state index in [4.69, 9.17) is 14.2 Å². The van der Waals surface area contributed by atoms with Crippen molar-refractivity contribution in [3.63, 3.8) is 0 Å². The first-order chi connectivity index (χ1) is 15.1. The molecular weight excluding hydrogens is 398 g/mol. The van der Waals surface area contributed by atoms with Crippen molar-refractivity contribution in [3.05, 3.63) is 90.0 Å². The molecule has 0 saturated carbocycles. The Morgan fingerprint density at radius 2 is 1.42 bits per heavy atom. The summed E-state index contributed by atoms with van der Waals surface area (Å²) in [6.45, 7) is -0.890. The lowest BCUT2D eigenvalue weighted by molar-refractivity contribution is -0.149. The Hall–Kier alpha value is -4.13. The topological polar surface area (TPSA) is 90.9 Å². The van der Waals surface area contributed by atoms with Gasteiger partial charge in [0.2, 0.25) is 0 Å². The third-order valence-electron chi connectivity index (χ3n) is 4.26. The molecule has 0 aliphatic carbocycles. The van der Waals surface area contributed by atoms with Crippen molar-refractivity contribution in [2.24, 2.45) is 0 Å². The molecule has 7 nitrogen and oxygen atoms in total.